The van der Waals surface area contributed by atoms with E-state index in [4.69, 9.17) is 4.74 Å². The van der Waals surface area contributed by atoms with Gasteiger partial charge >= 0.3 is 12.0 Å². The number of hydrogen-bond donors (Lipinski definition) is 3. The number of amides is 2. The van der Waals surface area contributed by atoms with Gasteiger partial charge in [0.05, 0.1) is 24.6 Å². The predicted octanol–water partition coefficient (Wildman–Crippen LogP) is 6.09. The highest BCUT2D eigenvalue weighted by Gasteiger charge is 2.27. The van der Waals surface area contributed by atoms with Gasteiger partial charge in [-0.25, -0.2) is 9.59 Å². The number of nitrogens with one attached hydrogen (secondary N) is 2. The molecular formula is C31H38N4O4. The van der Waals surface area contributed by atoms with Crippen LogP contribution in [0.4, 0.5) is 16.2 Å². The summed E-state index contributed by atoms with van der Waals surface area (Å²) >= 11 is 0. The van der Waals surface area contributed by atoms with E-state index in [0.29, 0.717) is 11.7 Å². The molecule has 8 nitrogen and oxygen atoms in total. The predicted molar refractivity (Wildman–Crippen MR) is 156 cm³/mol. The number of rotatable bonds is 5. The highest BCUT2D eigenvalue weighted by Crippen LogP contribution is 2.36. The molecule has 39 heavy (non-hydrogen) atoms. The van der Waals surface area contributed by atoms with Crippen LogP contribution in [0.15, 0.2) is 48.5 Å². The van der Waals surface area contributed by atoms with Crippen molar-refractivity contribution < 1.29 is 19.4 Å². The highest BCUT2D eigenvalue weighted by atomic mass is 16.5. The van der Waals surface area contributed by atoms with Gasteiger partial charge in [-0.3, -0.25) is 4.90 Å². The van der Waals surface area contributed by atoms with Crippen molar-refractivity contribution in [3.05, 3.63) is 65.5 Å². The number of aromatic carboxylic acids is 1. The fraction of sp³-hybridized carbons (Fsp3) is 0.419. The number of benzene rings is 2. The number of allylic oxidation sites excluding steroid dienone is 1. The third-order valence-corrected chi connectivity index (χ3v) is 7.82. The molecule has 5 rings (SSSR count). The number of hydrogen-bond acceptors (Lipinski definition) is 4. The van der Waals surface area contributed by atoms with Crippen molar-refractivity contribution in [3.8, 4) is 0 Å². The van der Waals surface area contributed by atoms with Crippen LogP contribution in [0.1, 0.15) is 61.8 Å². The summed E-state index contributed by atoms with van der Waals surface area (Å²) in [5.41, 5.74) is 4.08. The molecule has 0 saturated carbocycles. The molecule has 2 aliphatic rings. The average molecular weight is 531 g/mol. The molecule has 2 aromatic carbocycles. The topological polar surface area (TPSA) is 95.8 Å². The number of carboxylic acids is 1. The molecule has 0 bridgehead atoms. The highest BCUT2D eigenvalue weighted by molar-refractivity contribution is 6.10. The second-order valence-corrected chi connectivity index (χ2v) is 11.5. The number of morpholine rings is 1. The van der Waals surface area contributed by atoms with Gasteiger partial charge in [-0.15, -0.1) is 0 Å². The molecule has 206 valence electrons. The van der Waals surface area contributed by atoms with Crippen LogP contribution in [-0.2, 0) is 17.2 Å². The van der Waals surface area contributed by atoms with E-state index in [1.54, 1.807) is 17.7 Å². The fourth-order valence-corrected chi connectivity index (χ4v) is 5.96. The van der Waals surface area contributed by atoms with Crippen molar-refractivity contribution in [2.75, 3.05) is 36.9 Å². The zero-order valence-corrected chi connectivity index (χ0v) is 23.2. The van der Waals surface area contributed by atoms with Crippen LogP contribution in [0.25, 0.3) is 16.3 Å². The second kappa shape index (κ2) is 10.9. The summed E-state index contributed by atoms with van der Waals surface area (Å²) in [6.45, 7) is 9.55. The van der Waals surface area contributed by atoms with E-state index < -0.39 is 12.0 Å². The van der Waals surface area contributed by atoms with Gasteiger partial charge in [-0.1, -0.05) is 57.2 Å². The lowest BCUT2D eigenvalue weighted by Gasteiger charge is -2.35. The van der Waals surface area contributed by atoms with Crippen LogP contribution in [0.3, 0.4) is 0 Å². The number of aromatic nitrogens is 1. The van der Waals surface area contributed by atoms with Crippen LogP contribution in [0, 0.1) is 0 Å². The summed E-state index contributed by atoms with van der Waals surface area (Å²) in [7, 11) is 1.71. The number of nitrogens with zero attached hydrogens (tertiary/aromatic N) is 2. The summed E-state index contributed by atoms with van der Waals surface area (Å²) < 4.78 is 7.18. The van der Waals surface area contributed by atoms with Crippen LogP contribution in [0.5, 0.6) is 0 Å². The minimum atomic E-state index is -1.09. The van der Waals surface area contributed by atoms with Gasteiger partial charge in [0.2, 0.25) is 0 Å². The van der Waals surface area contributed by atoms with Gasteiger partial charge in [0.1, 0.15) is 0 Å². The SMILES string of the molecule is Cn1c(C(C)(C)C)cc(NC(=O)Nc2ccc(C3=CC(N4CCOCC4)CCC3)c3ccccc23)c1C(=O)O. The fourth-order valence-electron chi connectivity index (χ4n) is 5.96. The van der Waals surface area contributed by atoms with Crippen molar-refractivity contribution >= 4 is 39.7 Å². The quantitative estimate of drug-likeness (QED) is 0.371. The van der Waals surface area contributed by atoms with Crippen LogP contribution >= 0.6 is 0 Å². The first-order chi connectivity index (χ1) is 18.6. The number of ether oxygens (including phenoxy) is 1. The third kappa shape index (κ3) is 5.58. The van der Waals surface area contributed by atoms with E-state index in [-0.39, 0.29) is 16.8 Å². The Morgan fingerprint density at radius 2 is 1.69 bits per heavy atom. The lowest BCUT2D eigenvalue weighted by Crippen LogP contribution is -2.43. The number of carbonyl (C=O) groups excluding carboxylic acids is 1. The second-order valence-electron chi connectivity index (χ2n) is 11.5. The molecule has 0 radical (unpaired) electrons. The lowest BCUT2D eigenvalue weighted by atomic mass is 9.87. The minimum Gasteiger partial charge on any atom is -0.477 e. The zero-order valence-electron chi connectivity index (χ0n) is 23.2. The molecular weight excluding hydrogens is 492 g/mol. The maximum atomic E-state index is 13.1. The zero-order chi connectivity index (χ0) is 27.7. The first-order valence-electron chi connectivity index (χ1n) is 13.7. The van der Waals surface area contributed by atoms with Gasteiger partial charge in [0.15, 0.2) is 5.69 Å². The van der Waals surface area contributed by atoms with Gasteiger partial charge in [-0.2, -0.15) is 0 Å². The standard InChI is InChI=1S/C31H38N4O4/c1-31(2,3)27-19-26(28(29(36)37)34(27)4)33-30(38)32-25-13-12-22(23-10-5-6-11-24(23)25)20-8-7-9-21(18-20)35-14-16-39-17-15-35/h5-6,10-13,18-19,21H,7-9,14-17H2,1-4H3,(H,36,37)(H2,32,33,38). The number of anilines is 2. The molecule has 1 saturated heterocycles. The number of fused-ring (bicyclic) bond motifs is 1. The van der Waals surface area contributed by atoms with Crippen molar-refractivity contribution in [2.45, 2.75) is 51.5 Å². The third-order valence-electron chi connectivity index (χ3n) is 7.82. The normalized spacial score (nSPS) is 18.6. The van der Waals surface area contributed by atoms with Crippen LogP contribution in [-0.4, -0.2) is 58.9 Å². The molecule has 3 N–H and O–H groups in total. The summed E-state index contributed by atoms with van der Waals surface area (Å²) in [6, 6.07) is 13.8. The van der Waals surface area contributed by atoms with Crippen molar-refractivity contribution in [2.24, 2.45) is 7.05 Å². The molecule has 8 heteroatoms. The van der Waals surface area contributed by atoms with Crippen LogP contribution in [0.2, 0.25) is 0 Å². The van der Waals surface area contributed by atoms with Crippen molar-refractivity contribution in [1.82, 2.24) is 9.47 Å². The van der Waals surface area contributed by atoms with E-state index in [1.807, 2.05) is 45.0 Å². The molecule has 1 fully saturated rings. The first-order valence-corrected chi connectivity index (χ1v) is 13.7. The van der Waals surface area contributed by atoms with E-state index in [9.17, 15) is 14.7 Å². The maximum absolute atomic E-state index is 13.1. The average Bonchev–Trinajstić information content (AvgIpc) is 3.25. The minimum absolute atomic E-state index is 0.0503. The molecule has 1 unspecified atom stereocenters. The molecule has 0 spiro atoms. The summed E-state index contributed by atoms with van der Waals surface area (Å²) in [5, 5.41) is 17.6. The van der Waals surface area contributed by atoms with Gasteiger partial charge in [0.25, 0.3) is 0 Å². The Kier molecular flexibility index (Phi) is 7.51. The largest absolute Gasteiger partial charge is 0.477 e. The molecule has 1 aliphatic carbocycles. The van der Waals surface area contributed by atoms with E-state index >= 15 is 0 Å². The Morgan fingerprint density at radius 3 is 2.38 bits per heavy atom. The Balaban J connectivity index is 1.42. The van der Waals surface area contributed by atoms with Crippen LogP contribution < -0.4 is 10.6 Å². The summed E-state index contributed by atoms with van der Waals surface area (Å²) in [4.78, 5) is 27.6. The Morgan fingerprint density at radius 1 is 1.00 bits per heavy atom. The molecule has 2 amide bonds. The molecule has 1 aromatic heterocycles. The van der Waals surface area contributed by atoms with Gasteiger partial charge in [-0.05, 0) is 47.9 Å². The van der Waals surface area contributed by atoms with Gasteiger partial charge < -0.3 is 25.0 Å². The summed E-state index contributed by atoms with van der Waals surface area (Å²) in [6.07, 6.45) is 5.76. The number of urea groups is 1. The number of carbonyl (C=O) groups is 2. The first kappa shape index (κ1) is 27.0. The Labute approximate surface area is 229 Å². The molecule has 2 heterocycles. The molecule has 1 aliphatic heterocycles. The molecule has 1 atom stereocenters. The number of carboxylic acid groups (broad SMARTS) is 1. The smallest absolute Gasteiger partial charge is 0.354 e. The Hall–Kier alpha value is -3.62. The molecule has 3 aromatic rings. The monoisotopic (exact) mass is 530 g/mol. The maximum Gasteiger partial charge on any atom is 0.354 e. The van der Waals surface area contributed by atoms with E-state index in [2.05, 4.69) is 33.7 Å². The lowest BCUT2D eigenvalue weighted by molar-refractivity contribution is 0.0234. The van der Waals surface area contributed by atoms with E-state index in [0.717, 1.165) is 62.0 Å². The van der Waals surface area contributed by atoms with Crippen molar-refractivity contribution in [3.63, 3.8) is 0 Å². The van der Waals surface area contributed by atoms with E-state index in [1.165, 1.54) is 11.1 Å². The van der Waals surface area contributed by atoms with Crippen molar-refractivity contribution in [1.29, 1.82) is 0 Å². The summed E-state index contributed by atoms with van der Waals surface area (Å²) in [5.74, 6) is -1.09. The van der Waals surface area contributed by atoms with Gasteiger partial charge in [0, 0.05) is 42.7 Å². The Bertz CT molecular complexity index is 1430.